The predicted octanol–water partition coefficient (Wildman–Crippen LogP) is 3.05. The summed E-state index contributed by atoms with van der Waals surface area (Å²) in [5.74, 6) is 2.20. The number of hydrogen-bond acceptors (Lipinski definition) is 1. The predicted molar refractivity (Wildman–Crippen MR) is 63.9 cm³/mol. The summed E-state index contributed by atoms with van der Waals surface area (Å²) in [6.45, 7) is 11.2. The number of furan rings is 1. The lowest BCUT2D eigenvalue weighted by molar-refractivity contribution is 0.504. The molecule has 1 aromatic rings. The van der Waals surface area contributed by atoms with Gasteiger partial charge >= 0.3 is 0 Å². The topological polar surface area (TPSA) is 13.1 Å². The summed E-state index contributed by atoms with van der Waals surface area (Å²) < 4.78 is 6.94. The molecule has 0 aliphatic rings. The van der Waals surface area contributed by atoms with E-state index in [4.69, 9.17) is 4.42 Å². The lowest BCUT2D eigenvalue weighted by Gasteiger charge is -2.15. The van der Waals surface area contributed by atoms with Gasteiger partial charge in [0.2, 0.25) is 0 Å². The summed E-state index contributed by atoms with van der Waals surface area (Å²) in [5, 5.41) is 1.49. The van der Waals surface area contributed by atoms with Crippen molar-refractivity contribution in [1.29, 1.82) is 0 Å². The molecule has 0 aliphatic heterocycles. The van der Waals surface area contributed by atoms with E-state index < -0.39 is 8.07 Å². The van der Waals surface area contributed by atoms with Gasteiger partial charge in [-0.25, -0.2) is 0 Å². The molecule has 3 heteroatoms. The first-order chi connectivity index (χ1) is 5.34. The third-order valence-corrected chi connectivity index (χ3v) is 5.85. The fourth-order valence-electron chi connectivity index (χ4n) is 1.51. The first-order valence-corrected chi connectivity index (χ1v) is 8.68. The first kappa shape index (κ1) is 10.3. The molecular formula is C9H15IOSi. The molecule has 0 N–H and O–H groups in total. The van der Waals surface area contributed by atoms with Crippen LogP contribution >= 0.6 is 22.6 Å². The van der Waals surface area contributed by atoms with E-state index in [0.29, 0.717) is 0 Å². The highest BCUT2D eigenvalue weighted by Gasteiger charge is 2.25. The molecule has 1 nitrogen and oxygen atoms in total. The van der Waals surface area contributed by atoms with Gasteiger partial charge in [0, 0.05) is 0 Å². The van der Waals surface area contributed by atoms with Crippen molar-refractivity contribution < 1.29 is 4.42 Å². The summed E-state index contributed by atoms with van der Waals surface area (Å²) in [4.78, 5) is 0. The van der Waals surface area contributed by atoms with E-state index in [-0.39, 0.29) is 0 Å². The quantitative estimate of drug-likeness (QED) is 0.573. The monoisotopic (exact) mass is 294 g/mol. The Balaban J connectivity index is 3.32. The van der Waals surface area contributed by atoms with E-state index in [2.05, 4.69) is 49.2 Å². The Morgan fingerprint density at radius 1 is 1.08 bits per heavy atom. The molecule has 0 fully saturated rings. The van der Waals surface area contributed by atoms with E-state index in [9.17, 15) is 0 Å². The van der Waals surface area contributed by atoms with E-state index in [1.54, 1.807) is 0 Å². The van der Waals surface area contributed by atoms with Crippen LogP contribution in [0.5, 0.6) is 0 Å². The zero-order valence-corrected chi connectivity index (χ0v) is 11.4. The molecule has 0 saturated heterocycles. The SMILES string of the molecule is Cc1oc(C)c([Si](C)(C)C)c1I. The van der Waals surface area contributed by atoms with Gasteiger partial charge in [-0.2, -0.15) is 0 Å². The van der Waals surface area contributed by atoms with Crippen LogP contribution in [0, 0.1) is 17.4 Å². The first-order valence-electron chi connectivity index (χ1n) is 4.10. The molecule has 0 atom stereocenters. The van der Waals surface area contributed by atoms with Crippen molar-refractivity contribution in [2.45, 2.75) is 33.5 Å². The van der Waals surface area contributed by atoms with Crippen molar-refractivity contribution in [3.63, 3.8) is 0 Å². The minimum atomic E-state index is -1.20. The van der Waals surface area contributed by atoms with E-state index in [1.807, 2.05) is 6.92 Å². The normalized spacial score (nSPS) is 12.2. The molecule has 0 radical (unpaired) electrons. The van der Waals surface area contributed by atoms with E-state index in [1.165, 1.54) is 8.76 Å². The Morgan fingerprint density at radius 3 is 1.75 bits per heavy atom. The standard InChI is InChI=1S/C9H15IOSi/c1-6-8(10)9(7(2)11-6)12(3,4)5/h1-5H3. The van der Waals surface area contributed by atoms with Gasteiger partial charge in [-0.3, -0.25) is 0 Å². The molecule has 0 aromatic carbocycles. The van der Waals surface area contributed by atoms with Gasteiger partial charge in [-0.15, -0.1) is 0 Å². The second-order valence-electron chi connectivity index (χ2n) is 4.15. The zero-order valence-electron chi connectivity index (χ0n) is 8.29. The molecule has 0 unspecified atom stereocenters. The summed E-state index contributed by atoms with van der Waals surface area (Å²) in [5.41, 5.74) is 0. The number of halogens is 1. The largest absolute Gasteiger partial charge is 0.466 e. The molecule has 1 aromatic heterocycles. The highest BCUT2D eigenvalue weighted by atomic mass is 127. The van der Waals surface area contributed by atoms with Crippen LogP contribution in [0.4, 0.5) is 0 Å². The van der Waals surface area contributed by atoms with Crippen molar-refractivity contribution >= 4 is 35.9 Å². The smallest absolute Gasteiger partial charge is 0.114 e. The van der Waals surface area contributed by atoms with Crippen LogP contribution < -0.4 is 5.19 Å². The van der Waals surface area contributed by atoms with Crippen molar-refractivity contribution in [2.24, 2.45) is 0 Å². The summed E-state index contributed by atoms with van der Waals surface area (Å²) in [7, 11) is -1.20. The lowest BCUT2D eigenvalue weighted by atomic mass is 10.4. The molecule has 12 heavy (non-hydrogen) atoms. The Labute approximate surface area is 88.7 Å². The molecule has 1 rings (SSSR count). The van der Waals surface area contributed by atoms with Crippen LogP contribution in [0.15, 0.2) is 4.42 Å². The molecule has 0 saturated carbocycles. The number of hydrogen-bond donors (Lipinski definition) is 0. The summed E-state index contributed by atoms with van der Waals surface area (Å²) >= 11 is 2.39. The van der Waals surface area contributed by atoms with Gasteiger partial charge < -0.3 is 4.42 Å². The maximum atomic E-state index is 5.60. The lowest BCUT2D eigenvalue weighted by Crippen LogP contribution is -2.40. The summed E-state index contributed by atoms with van der Waals surface area (Å²) in [6.07, 6.45) is 0. The Hall–Kier alpha value is 0.227. The third-order valence-electron chi connectivity index (χ3n) is 1.94. The highest BCUT2D eigenvalue weighted by molar-refractivity contribution is 14.1. The van der Waals surface area contributed by atoms with Crippen LogP contribution in [0.3, 0.4) is 0 Å². The van der Waals surface area contributed by atoms with Gasteiger partial charge in [0.1, 0.15) is 11.5 Å². The van der Waals surface area contributed by atoms with Crippen molar-refractivity contribution in [3.05, 3.63) is 15.1 Å². The maximum Gasteiger partial charge on any atom is 0.114 e. The molecule has 1 heterocycles. The van der Waals surface area contributed by atoms with E-state index in [0.717, 1.165) is 11.5 Å². The van der Waals surface area contributed by atoms with Crippen molar-refractivity contribution in [1.82, 2.24) is 0 Å². The van der Waals surface area contributed by atoms with E-state index >= 15 is 0 Å². The van der Waals surface area contributed by atoms with Crippen LogP contribution in [0.1, 0.15) is 11.5 Å². The van der Waals surface area contributed by atoms with Crippen LogP contribution in [0.2, 0.25) is 19.6 Å². The Bertz CT molecular complexity index is 296. The van der Waals surface area contributed by atoms with Gasteiger partial charge in [0.25, 0.3) is 0 Å². The molecule has 0 amide bonds. The third kappa shape index (κ3) is 1.76. The van der Waals surface area contributed by atoms with Gasteiger partial charge in [0.05, 0.1) is 11.6 Å². The minimum Gasteiger partial charge on any atom is -0.466 e. The van der Waals surface area contributed by atoms with Crippen molar-refractivity contribution in [3.8, 4) is 0 Å². The van der Waals surface area contributed by atoms with Crippen molar-refractivity contribution in [2.75, 3.05) is 0 Å². The zero-order chi connectivity index (χ0) is 9.52. The second-order valence-corrected chi connectivity index (χ2v) is 10.2. The number of rotatable bonds is 1. The fraction of sp³-hybridized carbons (Fsp3) is 0.556. The molecule has 0 bridgehead atoms. The average molecular weight is 294 g/mol. The molecule has 0 spiro atoms. The van der Waals surface area contributed by atoms with Crippen LogP contribution in [-0.4, -0.2) is 8.07 Å². The van der Waals surface area contributed by atoms with Gasteiger partial charge in [-0.05, 0) is 41.6 Å². The minimum absolute atomic E-state index is 1.07. The summed E-state index contributed by atoms with van der Waals surface area (Å²) in [6, 6.07) is 0. The Morgan fingerprint density at radius 2 is 1.58 bits per heavy atom. The van der Waals surface area contributed by atoms with Crippen LogP contribution in [0.25, 0.3) is 0 Å². The second kappa shape index (κ2) is 3.18. The maximum absolute atomic E-state index is 5.60. The van der Waals surface area contributed by atoms with Crippen LogP contribution in [-0.2, 0) is 0 Å². The average Bonchev–Trinajstić information content (AvgIpc) is 2.05. The molecule has 0 aliphatic carbocycles. The van der Waals surface area contributed by atoms with Gasteiger partial charge in [-0.1, -0.05) is 19.6 Å². The molecule has 68 valence electrons. The molecular weight excluding hydrogens is 279 g/mol. The Kier molecular flexibility index (Phi) is 2.73. The fourth-order valence-corrected chi connectivity index (χ4v) is 6.37. The van der Waals surface area contributed by atoms with Gasteiger partial charge in [0.15, 0.2) is 0 Å². The highest BCUT2D eigenvalue weighted by Crippen LogP contribution is 2.18. The number of aryl methyl sites for hydroxylation is 2.